The van der Waals surface area contributed by atoms with Crippen molar-refractivity contribution in [2.24, 2.45) is 0 Å². The highest BCUT2D eigenvalue weighted by Crippen LogP contribution is 2.25. The summed E-state index contributed by atoms with van der Waals surface area (Å²) in [5.41, 5.74) is 1.42. The molecule has 0 saturated heterocycles. The van der Waals surface area contributed by atoms with Gasteiger partial charge in [-0.15, -0.1) is 0 Å². The van der Waals surface area contributed by atoms with E-state index in [1.54, 1.807) is 7.11 Å². The molecule has 0 unspecified atom stereocenters. The molecule has 106 valence electrons. The summed E-state index contributed by atoms with van der Waals surface area (Å²) in [7, 11) is 2.93. The van der Waals surface area contributed by atoms with Crippen molar-refractivity contribution < 1.29 is 18.7 Å². The number of oxazole rings is 1. The number of hydrogen-bond acceptors (Lipinski definition) is 5. The lowest BCUT2D eigenvalue weighted by Crippen LogP contribution is -2.03. The van der Waals surface area contributed by atoms with E-state index in [2.05, 4.69) is 4.98 Å². The fourth-order valence-electron chi connectivity index (χ4n) is 1.87. The molecular formula is C15H17NO4. The van der Waals surface area contributed by atoms with Crippen molar-refractivity contribution in [3.63, 3.8) is 0 Å². The van der Waals surface area contributed by atoms with Crippen LogP contribution in [-0.2, 0) is 11.2 Å². The summed E-state index contributed by atoms with van der Waals surface area (Å²) < 4.78 is 15.4. The van der Waals surface area contributed by atoms with Crippen LogP contribution in [0.25, 0.3) is 11.5 Å². The summed E-state index contributed by atoms with van der Waals surface area (Å²) in [5.74, 6) is 0.847. The lowest BCUT2D eigenvalue weighted by atomic mass is 10.2. The van der Waals surface area contributed by atoms with Gasteiger partial charge in [0.1, 0.15) is 5.75 Å². The van der Waals surface area contributed by atoms with Gasteiger partial charge in [-0.3, -0.25) is 0 Å². The molecule has 0 amide bonds. The average molecular weight is 275 g/mol. The summed E-state index contributed by atoms with van der Waals surface area (Å²) in [6, 6.07) is 7.30. The molecule has 0 N–H and O–H groups in total. The zero-order chi connectivity index (χ0) is 14.5. The molecule has 0 aliphatic rings. The summed E-state index contributed by atoms with van der Waals surface area (Å²) >= 11 is 0. The average Bonchev–Trinajstić information content (AvgIpc) is 2.91. The zero-order valence-corrected chi connectivity index (χ0v) is 11.8. The largest absolute Gasteiger partial charge is 0.497 e. The highest BCUT2D eigenvalue weighted by molar-refractivity contribution is 5.88. The first kappa shape index (κ1) is 14.1. The monoisotopic (exact) mass is 275 g/mol. The molecule has 0 bridgehead atoms. The van der Waals surface area contributed by atoms with Gasteiger partial charge in [-0.1, -0.05) is 13.3 Å². The second-order valence-corrected chi connectivity index (χ2v) is 4.26. The second-order valence-electron chi connectivity index (χ2n) is 4.26. The predicted octanol–water partition coefficient (Wildman–Crippen LogP) is 3.09. The van der Waals surface area contributed by atoms with Gasteiger partial charge < -0.3 is 13.9 Å². The molecule has 5 heteroatoms. The van der Waals surface area contributed by atoms with Crippen LogP contribution in [0.5, 0.6) is 5.75 Å². The molecule has 0 aliphatic heterocycles. The van der Waals surface area contributed by atoms with E-state index in [1.165, 1.54) is 7.11 Å². The number of methoxy groups -OCH3 is 2. The number of aromatic nitrogens is 1. The van der Waals surface area contributed by atoms with Crippen molar-refractivity contribution in [3.05, 3.63) is 35.7 Å². The van der Waals surface area contributed by atoms with E-state index in [1.807, 2.05) is 31.2 Å². The van der Waals surface area contributed by atoms with Crippen LogP contribution in [0.4, 0.5) is 0 Å². The number of carbonyl (C=O) groups is 1. The number of nitrogens with zero attached hydrogens (tertiary/aromatic N) is 1. The van der Waals surface area contributed by atoms with E-state index >= 15 is 0 Å². The van der Waals surface area contributed by atoms with E-state index in [-0.39, 0.29) is 5.76 Å². The quantitative estimate of drug-likeness (QED) is 0.785. The van der Waals surface area contributed by atoms with Crippen molar-refractivity contribution in [3.8, 4) is 17.2 Å². The summed E-state index contributed by atoms with van der Waals surface area (Å²) in [4.78, 5) is 16.1. The second kappa shape index (κ2) is 6.23. The Morgan fingerprint density at radius 2 is 1.95 bits per heavy atom. The van der Waals surface area contributed by atoms with E-state index in [0.29, 0.717) is 18.0 Å². The Balaban J connectivity index is 2.38. The van der Waals surface area contributed by atoms with Crippen LogP contribution in [-0.4, -0.2) is 25.2 Å². The maximum atomic E-state index is 11.7. The highest BCUT2D eigenvalue weighted by atomic mass is 16.5. The van der Waals surface area contributed by atoms with Crippen LogP contribution in [0, 0.1) is 0 Å². The zero-order valence-electron chi connectivity index (χ0n) is 11.8. The third-order valence-corrected chi connectivity index (χ3v) is 2.89. The molecule has 20 heavy (non-hydrogen) atoms. The molecule has 1 heterocycles. The number of benzene rings is 1. The van der Waals surface area contributed by atoms with Crippen LogP contribution in [0.3, 0.4) is 0 Å². The minimum absolute atomic E-state index is 0.181. The van der Waals surface area contributed by atoms with Crippen molar-refractivity contribution >= 4 is 5.97 Å². The molecule has 0 saturated carbocycles. The molecule has 2 aromatic rings. The topological polar surface area (TPSA) is 61.6 Å². The van der Waals surface area contributed by atoms with Crippen molar-refractivity contribution in [1.29, 1.82) is 0 Å². The number of carbonyl (C=O) groups excluding carboxylic acids is 1. The van der Waals surface area contributed by atoms with Gasteiger partial charge in [-0.25, -0.2) is 9.78 Å². The van der Waals surface area contributed by atoms with E-state index in [0.717, 1.165) is 17.7 Å². The Hall–Kier alpha value is -2.30. The number of ether oxygens (including phenoxy) is 2. The lowest BCUT2D eigenvalue weighted by molar-refractivity contribution is 0.0564. The van der Waals surface area contributed by atoms with Gasteiger partial charge in [-0.05, 0) is 30.7 Å². The van der Waals surface area contributed by atoms with Gasteiger partial charge in [0, 0.05) is 5.56 Å². The van der Waals surface area contributed by atoms with Crippen molar-refractivity contribution in [2.45, 2.75) is 19.8 Å². The molecule has 0 atom stereocenters. The minimum Gasteiger partial charge on any atom is -0.497 e. The van der Waals surface area contributed by atoms with E-state index < -0.39 is 5.97 Å². The summed E-state index contributed by atoms with van der Waals surface area (Å²) in [6.45, 7) is 2.02. The Kier molecular flexibility index (Phi) is 4.40. The van der Waals surface area contributed by atoms with Gasteiger partial charge in [0.15, 0.2) is 0 Å². The molecular weight excluding hydrogens is 258 g/mol. The first-order valence-electron chi connectivity index (χ1n) is 6.42. The molecule has 1 aromatic carbocycles. The van der Waals surface area contributed by atoms with E-state index in [4.69, 9.17) is 13.9 Å². The maximum Gasteiger partial charge on any atom is 0.376 e. The molecule has 1 aromatic heterocycles. The fourth-order valence-corrected chi connectivity index (χ4v) is 1.87. The van der Waals surface area contributed by atoms with Gasteiger partial charge in [0.05, 0.1) is 19.9 Å². The van der Waals surface area contributed by atoms with Crippen LogP contribution >= 0.6 is 0 Å². The minimum atomic E-state index is -0.499. The van der Waals surface area contributed by atoms with Gasteiger partial charge >= 0.3 is 5.97 Å². The standard InChI is InChI=1S/C15H17NO4/c1-4-5-12-13(15(17)19-3)20-14(16-12)10-6-8-11(18-2)9-7-10/h6-9H,4-5H2,1-3H3. The van der Waals surface area contributed by atoms with Crippen molar-refractivity contribution in [2.75, 3.05) is 14.2 Å². The highest BCUT2D eigenvalue weighted by Gasteiger charge is 2.20. The van der Waals surface area contributed by atoms with Gasteiger partial charge in [-0.2, -0.15) is 0 Å². The smallest absolute Gasteiger partial charge is 0.376 e. The fraction of sp³-hybridized carbons (Fsp3) is 0.333. The number of aryl methyl sites for hydroxylation is 1. The number of hydrogen-bond donors (Lipinski definition) is 0. The third kappa shape index (κ3) is 2.82. The molecule has 0 spiro atoms. The summed E-state index contributed by atoms with van der Waals surface area (Å²) in [6.07, 6.45) is 1.54. The van der Waals surface area contributed by atoms with Crippen LogP contribution in [0.2, 0.25) is 0 Å². The third-order valence-electron chi connectivity index (χ3n) is 2.89. The van der Waals surface area contributed by atoms with Gasteiger partial charge in [0.2, 0.25) is 11.7 Å². The molecule has 0 fully saturated rings. The first-order valence-corrected chi connectivity index (χ1v) is 6.42. The molecule has 0 radical (unpaired) electrons. The molecule has 0 aliphatic carbocycles. The maximum absolute atomic E-state index is 11.7. The number of rotatable bonds is 5. The summed E-state index contributed by atoms with van der Waals surface area (Å²) in [5, 5.41) is 0. The number of esters is 1. The Labute approximate surface area is 117 Å². The van der Waals surface area contributed by atoms with Crippen LogP contribution in [0.1, 0.15) is 29.6 Å². The first-order chi connectivity index (χ1) is 9.69. The van der Waals surface area contributed by atoms with Gasteiger partial charge in [0.25, 0.3) is 0 Å². The van der Waals surface area contributed by atoms with Crippen LogP contribution < -0.4 is 4.74 Å². The predicted molar refractivity (Wildman–Crippen MR) is 73.8 cm³/mol. The Morgan fingerprint density at radius 3 is 2.50 bits per heavy atom. The Morgan fingerprint density at radius 1 is 1.25 bits per heavy atom. The Bertz CT molecular complexity index is 586. The molecule has 5 nitrogen and oxygen atoms in total. The lowest BCUT2D eigenvalue weighted by Gasteiger charge is -1.99. The molecule has 2 rings (SSSR count). The van der Waals surface area contributed by atoms with E-state index in [9.17, 15) is 4.79 Å². The SMILES string of the molecule is CCCc1nc(-c2ccc(OC)cc2)oc1C(=O)OC. The van der Waals surface area contributed by atoms with Crippen LogP contribution in [0.15, 0.2) is 28.7 Å². The van der Waals surface area contributed by atoms with Crippen molar-refractivity contribution in [1.82, 2.24) is 4.98 Å². The normalized spacial score (nSPS) is 10.3.